The Morgan fingerprint density at radius 1 is 1.10 bits per heavy atom. The molecule has 0 spiro atoms. The molecule has 0 radical (unpaired) electrons. The maximum absolute atomic E-state index is 6.47. The summed E-state index contributed by atoms with van der Waals surface area (Å²) >= 11 is 0. The van der Waals surface area contributed by atoms with Crippen LogP contribution in [0.15, 0.2) is 52.6 Å². The molecule has 0 amide bonds. The molecule has 1 aromatic carbocycles. The number of nitrogens with zero attached hydrogens (tertiary/aromatic N) is 2. The normalized spacial score (nSPS) is 19.9. The molecule has 0 saturated carbocycles. The lowest BCUT2D eigenvalue weighted by atomic mass is 9.82. The van der Waals surface area contributed by atoms with Gasteiger partial charge in [0.25, 0.3) is 0 Å². The van der Waals surface area contributed by atoms with Gasteiger partial charge in [-0.3, -0.25) is 0 Å². The number of fused-ring (bicyclic) bond motifs is 3. The zero-order valence-corrected chi connectivity index (χ0v) is 19.6. The van der Waals surface area contributed by atoms with Gasteiger partial charge in [0.1, 0.15) is 5.58 Å². The first-order valence-corrected chi connectivity index (χ1v) is 11.0. The Hall–Kier alpha value is -2.55. The van der Waals surface area contributed by atoms with E-state index in [1.807, 2.05) is 0 Å². The number of rotatable bonds is 3. The third kappa shape index (κ3) is 3.45. The quantitative estimate of drug-likeness (QED) is 0.466. The summed E-state index contributed by atoms with van der Waals surface area (Å²) in [5.74, 6) is 0.502. The van der Waals surface area contributed by atoms with Crippen molar-refractivity contribution < 1.29 is 4.42 Å². The van der Waals surface area contributed by atoms with Gasteiger partial charge in [-0.15, -0.1) is 0 Å². The van der Waals surface area contributed by atoms with Gasteiger partial charge < -0.3 is 9.32 Å². The van der Waals surface area contributed by atoms with Gasteiger partial charge in [0.15, 0.2) is 0 Å². The van der Waals surface area contributed by atoms with Crippen LogP contribution in [0.25, 0.3) is 22.1 Å². The molecule has 1 unspecified atom stereocenters. The molecule has 0 saturated heterocycles. The van der Waals surface area contributed by atoms with Gasteiger partial charge in [0.05, 0.1) is 5.54 Å². The number of allylic oxidation sites excluding steroid dienone is 2. The van der Waals surface area contributed by atoms with Gasteiger partial charge in [-0.1, -0.05) is 58.9 Å². The molecular formula is C27H34N2O. The van der Waals surface area contributed by atoms with Crippen molar-refractivity contribution in [3.05, 3.63) is 65.0 Å². The van der Waals surface area contributed by atoms with Crippen LogP contribution in [0, 0.1) is 18.3 Å². The Balaban J connectivity index is 1.89. The van der Waals surface area contributed by atoms with Crippen LogP contribution in [-0.4, -0.2) is 16.9 Å². The number of hydrogen-bond donors (Lipinski definition) is 0. The fourth-order valence-electron chi connectivity index (χ4n) is 4.51. The Kier molecular flexibility index (Phi) is 4.84. The second-order valence-corrected chi connectivity index (χ2v) is 10.5. The van der Waals surface area contributed by atoms with Crippen molar-refractivity contribution in [2.75, 3.05) is 7.05 Å². The minimum absolute atomic E-state index is 0.192. The third-order valence-electron chi connectivity index (χ3n) is 6.33. The van der Waals surface area contributed by atoms with Crippen LogP contribution in [0.1, 0.15) is 58.4 Å². The average Bonchev–Trinajstić information content (AvgIpc) is 2.99. The number of furan rings is 1. The van der Waals surface area contributed by atoms with Gasteiger partial charge in [-0.2, -0.15) is 0 Å². The van der Waals surface area contributed by atoms with Crippen molar-refractivity contribution in [3.8, 4) is 0 Å². The monoisotopic (exact) mass is 402 g/mol. The van der Waals surface area contributed by atoms with Crippen molar-refractivity contribution in [2.45, 2.75) is 60.4 Å². The molecule has 4 rings (SSSR count). The van der Waals surface area contributed by atoms with Gasteiger partial charge >= 0.3 is 0 Å². The molecule has 3 aromatic rings. The predicted molar refractivity (Wildman–Crippen MR) is 127 cm³/mol. The molecule has 0 fully saturated rings. The summed E-state index contributed by atoms with van der Waals surface area (Å²) in [5, 5.41) is 2.23. The summed E-state index contributed by atoms with van der Waals surface area (Å²) in [6.45, 7) is 15.6. The molecule has 2 aromatic heterocycles. The van der Waals surface area contributed by atoms with E-state index in [0.717, 1.165) is 34.2 Å². The van der Waals surface area contributed by atoms with E-state index in [1.165, 1.54) is 16.7 Å². The standard InChI is InChI=1S/C27H34N2O/c1-17(2)19-13-14-27(7,29(8)16-19)23-18(3)9-11-21-22-12-10-20(15-26(4,5)6)28-25(22)30-24(21)23/h9-14,16-17H,15H2,1-8H3. The van der Waals surface area contributed by atoms with E-state index in [2.05, 4.69) is 103 Å². The zero-order valence-electron chi connectivity index (χ0n) is 19.6. The molecule has 30 heavy (non-hydrogen) atoms. The summed E-state index contributed by atoms with van der Waals surface area (Å²) in [5.41, 5.74) is 6.48. The SMILES string of the molecule is Cc1ccc2c(oc3nc(CC(C)(C)C)ccc32)c1C1(C)C=CC(C(C)C)=CN1C. The number of pyridine rings is 1. The lowest BCUT2D eigenvalue weighted by Crippen LogP contribution is -2.39. The van der Waals surface area contributed by atoms with Crippen molar-refractivity contribution in [3.63, 3.8) is 0 Å². The second-order valence-electron chi connectivity index (χ2n) is 10.5. The number of benzene rings is 1. The lowest BCUT2D eigenvalue weighted by Gasteiger charge is -2.40. The van der Waals surface area contributed by atoms with E-state index in [4.69, 9.17) is 9.40 Å². The first kappa shape index (κ1) is 20.7. The van der Waals surface area contributed by atoms with Crippen LogP contribution in [0.5, 0.6) is 0 Å². The highest BCUT2D eigenvalue weighted by molar-refractivity contribution is 6.05. The smallest absolute Gasteiger partial charge is 0.227 e. The van der Waals surface area contributed by atoms with E-state index < -0.39 is 0 Å². The first-order chi connectivity index (χ1) is 14.0. The van der Waals surface area contributed by atoms with E-state index >= 15 is 0 Å². The Morgan fingerprint density at radius 3 is 2.43 bits per heavy atom. The van der Waals surface area contributed by atoms with Gasteiger partial charge in [-0.05, 0) is 54.9 Å². The summed E-state index contributed by atoms with van der Waals surface area (Å²) in [4.78, 5) is 7.20. The van der Waals surface area contributed by atoms with E-state index in [9.17, 15) is 0 Å². The molecule has 0 N–H and O–H groups in total. The molecule has 1 aliphatic heterocycles. The fourth-order valence-corrected chi connectivity index (χ4v) is 4.51. The highest BCUT2D eigenvalue weighted by Gasteiger charge is 2.34. The van der Waals surface area contributed by atoms with Crippen LogP contribution in [0.3, 0.4) is 0 Å². The summed E-state index contributed by atoms with van der Waals surface area (Å²) in [7, 11) is 2.16. The topological polar surface area (TPSA) is 29.3 Å². The van der Waals surface area contributed by atoms with Crippen LogP contribution in [-0.2, 0) is 12.0 Å². The summed E-state index contributed by atoms with van der Waals surface area (Å²) in [6.07, 6.45) is 7.78. The molecule has 158 valence electrons. The van der Waals surface area contributed by atoms with E-state index in [0.29, 0.717) is 5.92 Å². The van der Waals surface area contributed by atoms with Crippen LogP contribution >= 0.6 is 0 Å². The Bertz CT molecular complexity index is 1170. The van der Waals surface area contributed by atoms with Crippen molar-refractivity contribution >= 4 is 22.1 Å². The Morgan fingerprint density at radius 2 is 1.80 bits per heavy atom. The van der Waals surface area contributed by atoms with Crippen LogP contribution < -0.4 is 0 Å². The molecule has 3 nitrogen and oxygen atoms in total. The highest BCUT2D eigenvalue weighted by Crippen LogP contribution is 2.42. The minimum atomic E-state index is -0.274. The second kappa shape index (κ2) is 7.01. The number of aryl methyl sites for hydroxylation is 1. The lowest BCUT2D eigenvalue weighted by molar-refractivity contribution is 0.256. The van der Waals surface area contributed by atoms with Gasteiger partial charge in [0.2, 0.25) is 5.71 Å². The maximum atomic E-state index is 6.47. The first-order valence-electron chi connectivity index (χ1n) is 11.0. The molecule has 3 heterocycles. The highest BCUT2D eigenvalue weighted by atomic mass is 16.3. The summed E-state index contributed by atoms with van der Waals surface area (Å²) < 4.78 is 6.47. The van der Waals surface area contributed by atoms with Crippen molar-refractivity contribution in [1.82, 2.24) is 9.88 Å². The van der Waals surface area contributed by atoms with Gasteiger partial charge in [0, 0.05) is 35.3 Å². The largest absolute Gasteiger partial charge is 0.437 e. The number of hydrogen-bond acceptors (Lipinski definition) is 3. The van der Waals surface area contributed by atoms with Crippen LogP contribution in [0.2, 0.25) is 0 Å². The number of likely N-dealkylation sites (N-methyl/N-ethyl adjacent to an activating group) is 1. The fraction of sp³-hybridized carbons (Fsp3) is 0.444. The molecular weight excluding hydrogens is 368 g/mol. The molecule has 0 bridgehead atoms. The van der Waals surface area contributed by atoms with E-state index in [1.54, 1.807) is 0 Å². The molecule has 1 aliphatic rings. The molecule has 1 atom stereocenters. The molecule has 0 aliphatic carbocycles. The van der Waals surface area contributed by atoms with Crippen LogP contribution in [0.4, 0.5) is 0 Å². The van der Waals surface area contributed by atoms with Crippen molar-refractivity contribution in [1.29, 1.82) is 0 Å². The maximum Gasteiger partial charge on any atom is 0.227 e. The predicted octanol–water partition coefficient (Wildman–Crippen LogP) is 7.13. The summed E-state index contributed by atoms with van der Waals surface area (Å²) in [6, 6.07) is 8.71. The Labute approximate surface area is 180 Å². The zero-order chi connectivity index (χ0) is 21.8. The van der Waals surface area contributed by atoms with E-state index in [-0.39, 0.29) is 11.0 Å². The number of aromatic nitrogens is 1. The van der Waals surface area contributed by atoms with Gasteiger partial charge in [-0.25, -0.2) is 4.98 Å². The minimum Gasteiger partial charge on any atom is -0.437 e. The third-order valence-corrected chi connectivity index (χ3v) is 6.33. The van der Waals surface area contributed by atoms with Crippen molar-refractivity contribution in [2.24, 2.45) is 11.3 Å². The molecule has 3 heteroatoms. The average molecular weight is 403 g/mol.